The third-order valence-electron chi connectivity index (χ3n) is 1.17. The van der Waals surface area contributed by atoms with E-state index >= 15 is 0 Å². The highest BCUT2D eigenvalue weighted by atomic mass is 32.1. The molecule has 0 saturated carbocycles. The van der Waals surface area contributed by atoms with E-state index in [1.807, 2.05) is 26.0 Å². The van der Waals surface area contributed by atoms with Crippen molar-refractivity contribution in [3.63, 3.8) is 0 Å². The zero-order valence-corrected chi connectivity index (χ0v) is 7.99. The van der Waals surface area contributed by atoms with Crippen LogP contribution in [0, 0.1) is 0 Å². The van der Waals surface area contributed by atoms with Crippen LogP contribution in [0.2, 0.25) is 0 Å². The summed E-state index contributed by atoms with van der Waals surface area (Å²) in [6.45, 7) is 8.56. The number of hydrogen-bond acceptors (Lipinski definition) is 2. The van der Waals surface area contributed by atoms with Crippen LogP contribution in [0.25, 0.3) is 0 Å². The van der Waals surface area contributed by atoms with Gasteiger partial charge in [-0.3, -0.25) is 0 Å². The fraction of sp³-hybridized carbons (Fsp3) is 0.333. The molecule has 11 heavy (non-hydrogen) atoms. The Hall–Kier alpha value is -0.630. The fourth-order valence-corrected chi connectivity index (χ4v) is 0.856. The third kappa shape index (κ3) is 3.94. The van der Waals surface area contributed by atoms with Crippen LogP contribution in [0.1, 0.15) is 13.8 Å². The van der Waals surface area contributed by atoms with Crippen molar-refractivity contribution in [2.75, 3.05) is 6.54 Å². The Morgan fingerprint density at radius 2 is 2.27 bits per heavy atom. The van der Waals surface area contributed by atoms with Gasteiger partial charge in [-0.25, -0.2) is 0 Å². The molecule has 0 bridgehead atoms. The second-order valence-corrected chi connectivity index (χ2v) is 2.52. The number of allylic oxidation sites excluding steroid dienone is 3. The summed E-state index contributed by atoms with van der Waals surface area (Å²) < 4.78 is 0. The summed E-state index contributed by atoms with van der Waals surface area (Å²) in [7, 11) is 0. The highest BCUT2D eigenvalue weighted by molar-refractivity contribution is 7.84. The van der Waals surface area contributed by atoms with Crippen molar-refractivity contribution >= 4 is 12.6 Å². The lowest BCUT2D eigenvalue weighted by Gasteiger charge is -2.05. The van der Waals surface area contributed by atoms with Gasteiger partial charge in [-0.2, -0.15) is 0 Å². The van der Waals surface area contributed by atoms with Gasteiger partial charge in [-0.05, 0) is 19.9 Å². The van der Waals surface area contributed by atoms with E-state index in [1.54, 1.807) is 6.08 Å². The molecule has 0 aromatic carbocycles. The van der Waals surface area contributed by atoms with Crippen LogP contribution in [-0.2, 0) is 0 Å². The summed E-state index contributed by atoms with van der Waals surface area (Å²) in [5, 5.41) is 3.18. The lowest BCUT2D eigenvalue weighted by atomic mass is 10.3. The van der Waals surface area contributed by atoms with Gasteiger partial charge in [0.1, 0.15) is 0 Å². The minimum Gasteiger partial charge on any atom is -0.384 e. The molecule has 0 aromatic rings. The highest BCUT2D eigenvalue weighted by Crippen LogP contribution is 2.08. The maximum Gasteiger partial charge on any atom is 0.0472 e. The highest BCUT2D eigenvalue weighted by Gasteiger charge is 1.92. The van der Waals surface area contributed by atoms with Crippen LogP contribution in [0.3, 0.4) is 0 Å². The first-order chi connectivity index (χ1) is 5.26. The van der Waals surface area contributed by atoms with Gasteiger partial charge in [0.15, 0.2) is 0 Å². The lowest BCUT2D eigenvalue weighted by Crippen LogP contribution is -2.11. The number of likely N-dealkylation sites (N-methyl/N-ethyl adjacent to an activating group) is 1. The molecule has 0 aromatic heterocycles. The first kappa shape index (κ1) is 10.4. The Labute approximate surface area is 74.3 Å². The topological polar surface area (TPSA) is 12.0 Å². The maximum absolute atomic E-state index is 4.24. The molecule has 0 fully saturated rings. The molecule has 62 valence electrons. The van der Waals surface area contributed by atoms with E-state index in [0.717, 1.165) is 17.1 Å². The Kier molecular flexibility index (Phi) is 5.75. The minimum atomic E-state index is 0.880. The predicted octanol–water partition coefficient (Wildman–Crippen LogP) is 2.50. The molecule has 0 aliphatic carbocycles. The summed E-state index contributed by atoms with van der Waals surface area (Å²) in [5.41, 5.74) is 1.02. The van der Waals surface area contributed by atoms with E-state index in [1.165, 1.54) is 0 Å². The molecule has 0 atom stereocenters. The number of thiol groups is 1. The summed E-state index contributed by atoms with van der Waals surface area (Å²) in [6.07, 6.45) is 5.67. The van der Waals surface area contributed by atoms with Gasteiger partial charge >= 0.3 is 0 Å². The lowest BCUT2D eigenvalue weighted by molar-refractivity contribution is 0.877. The van der Waals surface area contributed by atoms with E-state index in [2.05, 4.69) is 24.5 Å². The number of hydrogen-bond donors (Lipinski definition) is 2. The average molecular weight is 169 g/mol. The van der Waals surface area contributed by atoms with Crippen molar-refractivity contribution < 1.29 is 0 Å². The van der Waals surface area contributed by atoms with Gasteiger partial charge in [-0.15, -0.1) is 12.6 Å². The van der Waals surface area contributed by atoms with Crippen LogP contribution in [-0.4, -0.2) is 6.54 Å². The average Bonchev–Trinajstić information content (AvgIpc) is 2.03. The van der Waals surface area contributed by atoms with Gasteiger partial charge in [0.05, 0.1) is 0 Å². The predicted molar refractivity (Wildman–Crippen MR) is 54.7 cm³/mol. The van der Waals surface area contributed by atoms with E-state index in [0.29, 0.717) is 0 Å². The Morgan fingerprint density at radius 1 is 1.64 bits per heavy atom. The van der Waals surface area contributed by atoms with E-state index in [9.17, 15) is 0 Å². The second-order valence-electron chi connectivity index (χ2n) is 2.03. The van der Waals surface area contributed by atoms with Crippen molar-refractivity contribution in [3.8, 4) is 0 Å². The Balaban J connectivity index is 4.42. The van der Waals surface area contributed by atoms with Gasteiger partial charge in [-0.1, -0.05) is 18.7 Å². The molecule has 2 heteroatoms. The molecule has 1 N–H and O–H groups in total. The molecule has 0 unspecified atom stereocenters. The molecule has 0 saturated heterocycles. The third-order valence-corrected chi connectivity index (χ3v) is 1.59. The first-order valence-corrected chi connectivity index (χ1v) is 4.13. The first-order valence-electron chi connectivity index (χ1n) is 3.68. The molecule has 1 nitrogen and oxygen atoms in total. The zero-order valence-electron chi connectivity index (χ0n) is 7.09. The SMILES string of the molecule is C=C/C(S)=C(/C=C\C)NCC. The molecule has 0 heterocycles. The standard InChI is InChI=1S/C9H15NS/c1-4-7-8(10-6-3)9(11)5-2/h4-5,7,10-11H,2,6H2,1,3H3/b7-4-,9-8+. The summed E-state index contributed by atoms with van der Waals surface area (Å²) >= 11 is 4.24. The van der Waals surface area contributed by atoms with Crippen molar-refractivity contribution in [2.24, 2.45) is 0 Å². The second kappa shape index (κ2) is 6.10. The van der Waals surface area contributed by atoms with Crippen molar-refractivity contribution in [1.29, 1.82) is 0 Å². The summed E-state index contributed by atoms with van der Waals surface area (Å²) in [4.78, 5) is 0.880. The molecular weight excluding hydrogens is 154 g/mol. The molecule has 0 spiro atoms. The Bertz CT molecular complexity index is 180. The zero-order chi connectivity index (χ0) is 8.69. The van der Waals surface area contributed by atoms with Crippen molar-refractivity contribution in [3.05, 3.63) is 35.4 Å². The van der Waals surface area contributed by atoms with E-state index < -0.39 is 0 Å². The summed E-state index contributed by atoms with van der Waals surface area (Å²) in [5.74, 6) is 0. The van der Waals surface area contributed by atoms with Crippen molar-refractivity contribution in [1.82, 2.24) is 5.32 Å². The van der Waals surface area contributed by atoms with Crippen LogP contribution >= 0.6 is 12.6 Å². The van der Waals surface area contributed by atoms with Crippen LogP contribution in [0.15, 0.2) is 35.4 Å². The molecule has 0 aliphatic rings. The smallest absolute Gasteiger partial charge is 0.0472 e. The van der Waals surface area contributed by atoms with Crippen LogP contribution in [0.4, 0.5) is 0 Å². The Morgan fingerprint density at radius 3 is 2.64 bits per heavy atom. The number of nitrogens with one attached hydrogen (secondary N) is 1. The van der Waals surface area contributed by atoms with Gasteiger partial charge in [0.25, 0.3) is 0 Å². The van der Waals surface area contributed by atoms with Crippen molar-refractivity contribution in [2.45, 2.75) is 13.8 Å². The van der Waals surface area contributed by atoms with Crippen LogP contribution < -0.4 is 5.32 Å². The number of rotatable bonds is 4. The normalized spacial score (nSPS) is 13.0. The molecule has 0 aliphatic heterocycles. The fourth-order valence-electron chi connectivity index (χ4n) is 0.702. The van der Waals surface area contributed by atoms with E-state index in [-0.39, 0.29) is 0 Å². The summed E-state index contributed by atoms with van der Waals surface area (Å²) in [6, 6.07) is 0. The maximum atomic E-state index is 4.24. The monoisotopic (exact) mass is 169 g/mol. The van der Waals surface area contributed by atoms with Gasteiger partial charge < -0.3 is 5.32 Å². The quantitative estimate of drug-likeness (QED) is 0.487. The van der Waals surface area contributed by atoms with Gasteiger partial charge in [0, 0.05) is 17.1 Å². The molecule has 0 amide bonds. The molecular formula is C9H15NS. The van der Waals surface area contributed by atoms with Gasteiger partial charge in [0.2, 0.25) is 0 Å². The molecule has 0 rings (SSSR count). The minimum absolute atomic E-state index is 0.880. The largest absolute Gasteiger partial charge is 0.384 e. The molecule has 0 radical (unpaired) electrons. The van der Waals surface area contributed by atoms with E-state index in [4.69, 9.17) is 0 Å². The van der Waals surface area contributed by atoms with Crippen LogP contribution in [0.5, 0.6) is 0 Å².